The Morgan fingerprint density at radius 1 is 1.14 bits per heavy atom. The number of anilines is 1. The van der Waals surface area contributed by atoms with Crippen LogP contribution in [0.2, 0.25) is 0 Å². The lowest BCUT2D eigenvalue weighted by atomic mass is 9.94. The van der Waals surface area contributed by atoms with E-state index in [9.17, 15) is 32.3 Å². The minimum Gasteiger partial charge on any atom is -0.503 e. The molecule has 1 aliphatic rings. The van der Waals surface area contributed by atoms with Crippen LogP contribution in [0.15, 0.2) is 59.9 Å². The molecule has 0 radical (unpaired) electrons. The summed E-state index contributed by atoms with van der Waals surface area (Å²) in [4.78, 5) is 25.8. The predicted octanol–water partition coefficient (Wildman–Crippen LogP) is 4.72. The van der Waals surface area contributed by atoms with Crippen LogP contribution in [0.25, 0.3) is 0 Å². The minimum absolute atomic E-state index is 0.0753. The van der Waals surface area contributed by atoms with Crippen molar-refractivity contribution >= 4 is 17.4 Å². The quantitative estimate of drug-likeness (QED) is 0.765. The van der Waals surface area contributed by atoms with Crippen LogP contribution in [-0.4, -0.2) is 16.8 Å². The molecule has 146 valence electrons. The first-order chi connectivity index (χ1) is 13.2. The van der Waals surface area contributed by atoms with E-state index in [1.165, 1.54) is 31.2 Å². The number of aliphatic hydroxyl groups excluding tert-OH is 1. The Labute approximate surface area is 157 Å². The molecule has 1 N–H and O–H groups in total. The van der Waals surface area contributed by atoms with E-state index in [2.05, 4.69) is 0 Å². The van der Waals surface area contributed by atoms with Crippen molar-refractivity contribution in [2.24, 2.45) is 0 Å². The molecule has 0 saturated carbocycles. The summed E-state index contributed by atoms with van der Waals surface area (Å²) in [6.07, 6.45) is -4.74. The molecule has 0 saturated heterocycles. The average Bonchev–Trinajstić information content (AvgIpc) is 2.92. The second kappa shape index (κ2) is 7.10. The number of ketones is 1. The fourth-order valence-corrected chi connectivity index (χ4v) is 3.17. The molecule has 3 rings (SSSR count). The van der Waals surface area contributed by atoms with E-state index in [-0.39, 0.29) is 23.2 Å². The Hall–Kier alpha value is -3.16. The number of carbonyl (C=O) groups excluding carboxylic acids is 2. The summed E-state index contributed by atoms with van der Waals surface area (Å²) in [7, 11) is 0. The molecular formula is C20H15F4NO3. The third kappa shape index (κ3) is 3.26. The number of amides is 1. The standard InChI is InChI=1S/C20H15F4NO3/c1-2-15(26)16-17(13-8-3-4-9-14(13)21)25(19(28)18(16)27)12-7-5-6-11(10-12)20(22,23)24/h3-10,17,27H,2H2,1H3. The fourth-order valence-electron chi connectivity index (χ4n) is 3.17. The molecule has 0 aromatic heterocycles. The highest BCUT2D eigenvalue weighted by Crippen LogP contribution is 2.43. The molecule has 2 aromatic carbocycles. The van der Waals surface area contributed by atoms with Crippen molar-refractivity contribution in [1.29, 1.82) is 0 Å². The number of nitrogens with zero attached hydrogens (tertiary/aromatic N) is 1. The maximum atomic E-state index is 14.5. The maximum Gasteiger partial charge on any atom is 0.416 e. The van der Waals surface area contributed by atoms with Crippen LogP contribution in [0.4, 0.5) is 23.2 Å². The molecule has 28 heavy (non-hydrogen) atoms. The predicted molar refractivity (Wildman–Crippen MR) is 93.0 cm³/mol. The first kappa shape index (κ1) is 19.6. The van der Waals surface area contributed by atoms with Crippen molar-refractivity contribution in [2.75, 3.05) is 4.90 Å². The highest BCUT2D eigenvalue weighted by atomic mass is 19.4. The molecule has 8 heteroatoms. The lowest BCUT2D eigenvalue weighted by molar-refractivity contribution is -0.137. The SMILES string of the molecule is CCC(=O)C1=C(O)C(=O)N(c2cccc(C(F)(F)F)c2)C1c1ccccc1F. The van der Waals surface area contributed by atoms with Crippen LogP contribution in [0.3, 0.4) is 0 Å². The van der Waals surface area contributed by atoms with Gasteiger partial charge in [0, 0.05) is 17.7 Å². The Morgan fingerprint density at radius 3 is 2.43 bits per heavy atom. The first-order valence-corrected chi connectivity index (χ1v) is 8.38. The molecule has 0 bridgehead atoms. The fraction of sp³-hybridized carbons (Fsp3) is 0.200. The van der Waals surface area contributed by atoms with E-state index in [4.69, 9.17) is 0 Å². The van der Waals surface area contributed by atoms with Gasteiger partial charge in [0.1, 0.15) is 5.82 Å². The second-order valence-corrected chi connectivity index (χ2v) is 6.19. The van der Waals surface area contributed by atoms with E-state index in [0.29, 0.717) is 0 Å². The summed E-state index contributed by atoms with van der Waals surface area (Å²) >= 11 is 0. The Kier molecular flexibility index (Phi) is 4.97. The van der Waals surface area contributed by atoms with Gasteiger partial charge < -0.3 is 5.11 Å². The molecule has 1 unspecified atom stereocenters. The van der Waals surface area contributed by atoms with Gasteiger partial charge in [0.2, 0.25) is 0 Å². The van der Waals surface area contributed by atoms with E-state index >= 15 is 0 Å². The van der Waals surface area contributed by atoms with Crippen LogP contribution in [-0.2, 0) is 15.8 Å². The van der Waals surface area contributed by atoms with Crippen molar-refractivity contribution < 1.29 is 32.3 Å². The lowest BCUT2D eigenvalue weighted by Crippen LogP contribution is -2.31. The Bertz CT molecular complexity index is 981. The molecule has 1 aliphatic heterocycles. The van der Waals surface area contributed by atoms with Gasteiger partial charge in [-0.2, -0.15) is 13.2 Å². The Morgan fingerprint density at radius 2 is 1.82 bits per heavy atom. The van der Waals surface area contributed by atoms with Gasteiger partial charge in [0.05, 0.1) is 17.2 Å². The number of carbonyl (C=O) groups is 2. The van der Waals surface area contributed by atoms with Crippen molar-refractivity contribution in [3.8, 4) is 0 Å². The lowest BCUT2D eigenvalue weighted by Gasteiger charge is -2.27. The van der Waals surface area contributed by atoms with Gasteiger partial charge in [-0.3, -0.25) is 14.5 Å². The smallest absolute Gasteiger partial charge is 0.416 e. The number of halogens is 4. The van der Waals surface area contributed by atoms with E-state index in [1.54, 1.807) is 0 Å². The maximum absolute atomic E-state index is 14.5. The third-order valence-corrected chi connectivity index (χ3v) is 4.48. The summed E-state index contributed by atoms with van der Waals surface area (Å²) in [6.45, 7) is 1.50. The zero-order valence-electron chi connectivity index (χ0n) is 14.6. The Balaban J connectivity index is 2.22. The number of hydrogen-bond acceptors (Lipinski definition) is 3. The molecular weight excluding hydrogens is 378 g/mol. The first-order valence-electron chi connectivity index (χ1n) is 8.38. The van der Waals surface area contributed by atoms with Gasteiger partial charge >= 0.3 is 6.18 Å². The molecule has 1 heterocycles. The summed E-state index contributed by atoms with van der Waals surface area (Å²) in [5, 5.41) is 10.3. The minimum atomic E-state index is -4.66. The van der Waals surface area contributed by atoms with Gasteiger partial charge in [-0.05, 0) is 24.3 Å². The normalized spacial score (nSPS) is 17.4. The molecule has 0 aliphatic carbocycles. The van der Waals surface area contributed by atoms with Gasteiger partial charge in [-0.15, -0.1) is 0 Å². The number of benzene rings is 2. The van der Waals surface area contributed by atoms with E-state index < -0.39 is 41.0 Å². The van der Waals surface area contributed by atoms with Crippen molar-refractivity contribution in [2.45, 2.75) is 25.6 Å². The van der Waals surface area contributed by atoms with Crippen molar-refractivity contribution in [3.63, 3.8) is 0 Å². The van der Waals surface area contributed by atoms with E-state index in [0.717, 1.165) is 29.2 Å². The van der Waals surface area contributed by atoms with Crippen LogP contribution >= 0.6 is 0 Å². The molecule has 0 fully saturated rings. The van der Waals surface area contributed by atoms with Gasteiger partial charge in [0.15, 0.2) is 11.5 Å². The number of rotatable bonds is 4. The van der Waals surface area contributed by atoms with Gasteiger partial charge in [-0.25, -0.2) is 4.39 Å². The zero-order chi connectivity index (χ0) is 20.6. The van der Waals surface area contributed by atoms with Crippen LogP contribution in [0.5, 0.6) is 0 Å². The summed E-state index contributed by atoms with van der Waals surface area (Å²) in [5.74, 6) is -3.32. The summed E-state index contributed by atoms with van der Waals surface area (Å²) in [6, 6.07) is 7.79. The van der Waals surface area contributed by atoms with Crippen LogP contribution < -0.4 is 4.90 Å². The highest BCUT2D eigenvalue weighted by Gasteiger charge is 2.45. The number of aliphatic hydroxyl groups is 1. The van der Waals surface area contributed by atoms with Crippen molar-refractivity contribution in [1.82, 2.24) is 0 Å². The van der Waals surface area contributed by atoms with E-state index in [1.807, 2.05) is 0 Å². The third-order valence-electron chi connectivity index (χ3n) is 4.48. The monoisotopic (exact) mass is 393 g/mol. The van der Waals surface area contributed by atoms with Gasteiger partial charge in [0.25, 0.3) is 5.91 Å². The van der Waals surface area contributed by atoms with Gasteiger partial charge in [-0.1, -0.05) is 31.2 Å². The number of hydrogen-bond donors (Lipinski definition) is 1. The van der Waals surface area contributed by atoms with Crippen LogP contribution in [0.1, 0.15) is 30.5 Å². The number of alkyl halides is 3. The molecule has 4 nitrogen and oxygen atoms in total. The molecule has 1 amide bonds. The summed E-state index contributed by atoms with van der Waals surface area (Å²) < 4.78 is 53.7. The molecule has 2 aromatic rings. The average molecular weight is 393 g/mol. The molecule has 1 atom stereocenters. The van der Waals surface area contributed by atoms with Crippen LogP contribution in [0, 0.1) is 5.82 Å². The molecule has 0 spiro atoms. The highest BCUT2D eigenvalue weighted by molar-refractivity contribution is 6.16. The largest absolute Gasteiger partial charge is 0.503 e. The van der Waals surface area contributed by atoms with Crippen molar-refractivity contribution in [3.05, 3.63) is 76.8 Å². The second-order valence-electron chi connectivity index (χ2n) is 6.19. The topological polar surface area (TPSA) is 57.6 Å². The summed E-state index contributed by atoms with van der Waals surface area (Å²) in [5.41, 5.74) is -1.66. The zero-order valence-corrected chi connectivity index (χ0v) is 14.6. The number of Topliss-reactive ketones (excluding diaryl/α,β-unsaturated/α-hetero) is 1.